The smallest absolute Gasteiger partial charge is 0.259 e. The Morgan fingerprint density at radius 2 is 1.21 bits per heavy atom. The van der Waals surface area contributed by atoms with Gasteiger partial charge in [0.15, 0.2) is 0 Å². The summed E-state index contributed by atoms with van der Waals surface area (Å²) >= 11 is 3.49. The number of thiophene rings is 2. The maximum Gasteiger partial charge on any atom is 0.259 e. The summed E-state index contributed by atoms with van der Waals surface area (Å²) in [5, 5.41) is 5.14. The number of hydrogen-bond donors (Lipinski definition) is 0. The lowest BCUT2D eigenvalue weighted by atomic mass is 9.93. The molecule has 0 fully saturated rings. The van der Waals surface area contributed by atoms with Gasteiger partial charge in [-0.25, -0.2) is 0 Å². The van der Waals surface area contributed by atoms with Gasteiger partial charge < -0.3 is 4.57 Å². The van der Waals surface area contributed by atoms with E-state index in [-0.39, 0.29) is 5.56 Å². The molecule has 2 nitrogen and oxygen atoms in total. The number of rotatable bonds is 18. The average Bonchev–Trinajstić information content (AvgIpc) is 3.49. The van der Waals surface area contributed by atoms with Gasteiger partial charge in [-0.2, -0.15) is 0 Å². The van der Waals surface area contributed by atoms with Crippen molar-refractivity contribution in [3.8, 4) is 0 Å². The molecule has 0 radical (unpaired) electrons. The minimum atomic E-state index is 0.223. The Hall–Kier alpha value is -1.13. The van der Waals surface area contributed by atoms with Gasteiger partial charge in [-0.05, 0) is 41.7 Å². The summed E-state index contributed by atoms with van der Waals surface area (Å²) in [6.45, 7) is 5.46. The fourth-order valence-corrected chi connectivity index (χ4v) is 7.11. The van der Waals surface area contributed by atoms with E-state index in [2.05, 4.69) is 35.2 Å². The fourth-order valence-electron chi connectivity index (χ4n) is 5.14. The van der Waals surface area contributed by atoms with Crippen LogP contribution in [0.25, 0.3) is 20.3 Å². The van der Waals surface area contributed by atoms with Crippen molar-refractivity contribution in [1.82, 2.24) is 4.57 Å². The van der Waals surface area contributed by atoms with Gasteiger partial charge in [-0.1, -0.05) is 104 Å². The Morgan fingerprint density at radius 1 is 0.697 bits per heavy atom. The second kappa shape index (κ2) is 15.0. The first-order chi connectivity index (χ1) is 16.3. The maximum absolute atomic E-state index is 13.4. The summed E-state index contributed by atoms with van der Waals surface area (Å²) < 4.78 is 4.59. The monoisotopic (exact) mass is 487 g/mol. The lowest BCUT2D eigenvalue weighted by molar-refractivity contribution is 0.358. The number of pyridine rings is 1. The first-order valence-electron chi connectivity index (χ1n) is 13.7. The molecular formula is C29H45NOS2. The summed E-state index contributed by atoms with van der Waals surface area (Å²) in [4.78, 5) is 13.4. The Kier molecular flexibility index (Phi) is 12.0. The van der Waals surface area contributed by atoms with Crippen LogP contribution in [0.4, 0.5) is 0 Å². The third-order valence-corrected chi connectivity index (χ3v) is 9.14. The van der Waals surface area contributed by atoms with Crippen LogP contribution in [0.1, 0.15) is 117 Å². The van der Waals surface area contributed by atoms with E-state index in [9.17, 15) is 4.79 Å². The van der Waals surface area contributed by atoms with E-state index in [1.165, 1.54) is 112 Å². The van der Waals surface area contributed by atoms with Crippen LogP contribution in [0.15, 0.2) is 27.7 Å². The molecule has 3 aromatic heterocycles. The highest BCUT2D eigenvalue weighted by molar-refractivity contribution is 7.25. The second-order valence-corrected chi connectivity index (χ2v) is 11.7. The topological polar surface area (TPSA) is 22.0 Å². The van der Waals surface area contributed by atoms with Gasteiger partial charge in [0.1, 0.15) is 0 Å². The van der Waals surface area contributed by atoms with Crippen molar-refractivity contribution in [2.24, 2.45) is 5.92 Å². The lowest BCUT2D eigenvalue weighted by Crippen LogP contribution is -2.24. The van der Waals surface area contributed by atoms with Crippen LogP contribution in [-0.4, -0.2) is 4.57 Å². The minimum absolute atomic E-state index is 0.223. The molecule has 1 atom stereocenters. The zero-order chi connectivity index (χ0) is 23.3. The first-order valence-corrected chi connectivity index (χ1v) is 15.5. The largest absolute Gasteiger partial charge is 0.307 e. The van der Waals surface area contributed by atoms with Gasteiger partial charge in [0.2, 0.25) is 0 Å². The van der Waals surface area contributed by atoms with Gasteiger partial charge in [0, 0.05) is 6.54 Å². The molecule has 0 saturated carbocycles. The second-order valence-electron chi connectivity index (χ2n) is 9.90. The van der Waals surface area contributed by atoms with Crippen LogP contribution < -0.4 is 5.56 Å². The molecule has 0 aliphatic carbocycles. The van der Waals surface area contributed by atoms with Crippen molar-refractivity contribution in [3.63, 3.8) is 0 Å². The summed E-state index contributed by atoms with van der Waals surface area (Å²) in [5.41, 5.74) is 1.38. The van der Waals surface area contributed by atoms with Crippen LogP contribution in [-0.2, 0) is 6.54 Å². The highest BCUT2D eigenvalue weighted by Crippen LogP contribution is 2.32. The van der Waals surface area contributed by atoms with Crippen LogP contribution in [0.2, 0.25) is 0 Å². The molecule has 33 heavy (non-hydrogen) atoms. The van der Waals surface area contributed by atoms with E-state index in [4.69, 9.17) is 0 Å². The van der Waals surface area contributed by atoms with Gasteiger partial charge in [0.05, 0.1) is 20.3 Å². The Bertz CT molecular complexity index is 982. The van der Waals surface area contributed by atoms with E-state index in [0.717, 1.165) is 17.4 Å². The van der Waals surface area contributed by atoms with E-state index < -0.39 is 0 Å². The highest BCUT2D eigenvalue weighted by Gasteiger charge is 2.17. The zero-order valence-corrected chi connectivity index (χ0v) is 22.7. The van der Waals surface area contributed by atoms with E-state index in [1.807, 2.05) is 6.07 Å². The number of unbranched alkanes of at least 4 members (excludes halogenated alkanes) is 12. The first kappa shape index (κ1) is 26.5. The lowest BCUT2D eigenvalue weighted by Gasteiger charge is -2.19. The number of fused-ring (bicyclic) bond motifs is 3. The SMILES string of the molecule is CCCCCCCCCCC(CCCCCCCC)Cn1c(=O)c2ccsc2c2sccc21. The third-order valence-electron chi connectivity index (χ3n) is 7.15. The molecule has 0 amide bonds. The van der Waals surface area contributed by atoms with Crippen LogP contribution >= 0.6 is 22.7 Å². The minimum Gasteiger partial charge on any atom is -0.307 e. The van der Waals surface area contributed by atoms with Crippen molar-refractivity contribution in [3.05, 3.63) is 33.2 Å². The van der Waals surface area contributed by atoms with Gasteiger partial charge in [-0.3, -0.25) is 4.79 Å². The predicted molar refractivity (Wildman–Crippen MR) is 150 cm³/mol. The van der Waals surface area contributed by atoms with Crippen LogP contribution in [0, 0.1) is 5.92 Å². The predicted octanol–water partition coefficient (Wildman–Crippen LogP) is 10.2. The highest BCUT2D eigenvalue weighted by atomic mass is 32.1. The fraction of sp³-hybridized carbons (Fsp3) is 0.690. The molecule has 1 unspecified atom stereocenters. The molecule has 0 aliphatic heterocycles. The molecule has 3 rings (SSSR count). The molecule has 3 aromatic rings. The van der Waals surface area contributed by atoms with Crippen molar-refractivity contribution < 1.29 is 0 Å². The van der Waals surface area contributed by atoms with Crippen molar-refractivity contribution in [2.75, 3.05) is 0 Å². The molecular weight excluding hydrogens is 442 g/mol. The van der Waals surface area contributed by atoms with Gasteiger partial charge >= 0.3 is 0 Å². The average molecular weight is 488 g/mol. The normalized spacial score (nSPS) is 12.8. The Balaban J connectivity index is 1.60. The number of aromatic nitrogens is 1. The van der Waals surface area contributed by atoms with Crippen LogP contribution in [0.5, 0.6) is 0 Å². The molecule has 184 valence electrons. The maximum atomic E-state index is 13.4. The molecule has 0 N–H and O–H groups in total. The summed E-state index contributed by atoms with van der Waals surface area (Å²) in [6, 6.07) is 4.19. The van der Waals surface area contributed by atoms with Crippen molar-refractivity contribution in [1.29, 1.82) is 0 Å². The number of hydrogen-bond acceptors (Lipinski definition) is 3. The van der Waals surface area contributed by atoms with Gasteiger partial charge in [-0.15, -0.1) is 22.7 Å². The molecule has 0 aromatic carbocycles. The van der Waals surface area contributed by atoms with E-state index >= 15 is 0 Å². The summed E-state index contributed by atoms with van der Waals surface area (Å²) in [5.74, 6) is 0.619. The molecule has 4 heteroatoms. The summed E-state index contributed by atoms with van der Waals surface area (Å²) in [6.07, 6.45) is 21.6. The Labute approximate surface area is 209 Å². The zero-order valence-electron chi connectivity index (χ0n) is 21.1. The summed E-state index contributed by atoms with van der Waals surface area (Å²) in [7, 11) is 0. The molecule has 0 aliphatic rings. The van der Waals surface area contributed by atoms with Crippen molar-refractivity contribution in [2.45, 2.75) is 123 Å². The molecule has 3 heterocycles. The van der Waals surface area contributed by atoms with Gasteiger partial charge in [0.25, 0.3) is 5.56 Å². The third kappa shape index (κ3) is 7.96. The quantitative estimate of drug-likeness (QED) is 0.164. The molecule has 0 spiro atoms. The van der Waals surface area contributed by atoms with Crippen molar-refractivity contribution >= 4 is 43.0 Å². The standard InChI is InChI=1S/C29H45NOS2/c1-3-5-7-9-11-12-14-16-18-24(17-15-13-10-8-6-4-2)23-30-26-20-22-33-28(26)27-25(29(30)31)19-21-32-27/h19-22,24H,3-18,23H2,1-2H3. The van der Waals surface area contributed by atoms with E-state index in [1.54, 1.807) is 22.7 Å². The number of nitrogens with zero attached hydrogens (tertiary/aromatic N) is 1. The molecule has 0 bridgehead atoms. The van der Waals surface area contributed by atoms with Crippen LogP contribution in [0.3, 0.4) is 0 Å². The Morgan fingerprint density at radius 3 is 1.82 bits per heavy atom. The molecule has 0 saturated heterocycles. The van der Waals surface area contributed by atoms with E-state index in [0.29, 0.717) is 5.92 Å².